The molecule has 6 heteroatoms. The van der Waals surface area contributed by atoms with Crippen molar-refractivity contribution in [1.82, 2.24) is 0 Å². The number of ether oxygens (including phenoxy) is 2. The number of hydrogen-bond acceptors (Lipinski definition) is 6. The van der Waals surface area contributed by atoms with Crippen molar-refractivity contribution in [3.05, 3.63) is 34.5 Å². The highest BCUT2D eigenvalue weighted by Crippen LogP contribution is 2.49. The first-order valence-corrected chi connectivity index (χ1v) is 6.11. The van der Waals surface area contributed by atoms with Gasteiger partial charge in [0.05, 0.1) is 19.6 Å². The van der Waals surface area contributed by atoms with Crippen molar-refractivity contribution >= 4 is 21.9 Å². The lowest BCUT2D eigenvalue weighted by atomic mass is 10.1. The SMILES string of the molecule is COc1c(OC)c(O)c2c(=O)c3ccccc3oc2c1O. The van der Waals surface area contributed by atoms with Crippen LogP contribution in [-0.4, -0.2) is 24.4 Å². The Bertz CT molecular complexity index is 910. The number of aromatic hydroxyl groups is 2. The van der Waals surface area contributed by atoms with E-state index in [0.29, 0.717) is 11.0 Å². The molecule has 1 aromatic heterocycles. The van der Waals surface area contributed by atoms with E-state index in [-0.39, 0.29) is 22.5 Å². The average Bonchev–Trinajstić information content (AvgIpc) is 2.50. The minimum atomic E-state index is -0.458. The smallest absolute Gasteiger partial charge is 0.211 e. The number of hydrogen-bond donors (Lipinski definition) is 2. The topological polar surface area (TPSA) is 89.1 Å². The van der Waals surface area contributed by atoms with Crippen molar-refractivity contribution in [3.8, 4) is 23.0 Å². The molecule has 1 heterocycles. The number of rotatable bonds is 2. The summed E-state index contributed by atoms with van der Waals surface area (Å²) in [4.78, 5) is 12.5. The van der Waals surface area contributed by atoms with Crippen molar-refractivity contribution in [2.45, 2.75) is 0 Å². The lowest BCUT2D eigenvalue weighted by Gasteiger charge is -2.13. The van der Waals surface area contributed by atoms with E-state index in [1.807, 2.05) is 0 Å². The van der Waals surface area contributed by atoms with Gasteiger partial charge < -0.3 is 24.1 Å². The fraction of sp³-hybridized carbons (Fsp3) is 0.133. The second kappa shape index (κ2) is 4.59. The standard InChI is InChI=1S/C15H12O6/c1-19-14-11(17)9-10(16)7-5-3-4-6-8(7)21-13(9)12(18)15(14)20-2/h3-6,17-18H,1-2H3. The highest BCUT2D eigenvalue weighted by Gasteiger charge is 2.25. The molecule has 108 valence electrons. The summed E-state index contributed by atoms with van der Waals surface area (Å²) in [5.41, 5.74) is -0.300. The number of phenols is 2. The molecular formula is C15H12O6. The maximum absolute atomic E-state index is 12.5. The minimum Gasteiger partial charge on any atom is -0.504 e. The molecule has 0 saturated carbocycles. The van der Waals surface area contributed by atoms with E-state index >= 15 is 0 Å². The molecule has 6 nitrogen and oxygen atoms in total. The quantitative estimate of drug-likeness (QED) is 0.556. The molecule has 0 saturated heterocycles. The van der Waals surface area contributed by atoms with Gasteiger partial charge in [-0.15, -0.1) is 0 Å². The molecule has 3 rings (SSSR count). The molecule has 0 amide bonds. The van der Waals surface area contributed by atoms with Gasteiger partial charge >= 0.3 is 0 Å². The molecule has 2 aromatic carbocycles. The van der Waals surface area contributed by atoms with Gasteiger partial charge in [0.2, 0.25) is 22.7 Å². The molecule has 0 fully saturated rings. The second-order valence-corrected chi connectivity index (χ2v) is 4.40. The monoisotopic (exact) mass is 288 g/mol. The van der Waals surface area contributed by atoms with Crippen LogP contribution in [-0.2, 0) is 0 Å². The Morgan fingerprint density at radius 2 is 1.62 bits per heavy atom. The fourth-order valence-corrected chi connectivity index (χ4v) is 2.33. The average molecular weight is 288 g/mol. The van der Waals surface area contributed by atoms with E-state index in [4.69, 9.17) is 13.9 Å². The van der Waals surface area contributed by atoms with Crippen molar-refractivity contribution in [1.29, 1.82) is 0 Å². The highest BCUT2D eigenvalue weighted by atomic mass is 16.5. The van der Waals surface area contributed by atoms with Gasteiger partial charge in [-0.3, -0.25) is 4.79 Å². The fourth-order valence-electron chi connectivity index (χ4n) is 2.33. The van der Waals surface area contributed by atoms with Crippen molar-refractivity contribution in [2.75, 3.05) is 14.2 Å². The Morgan fingerprint density at radius 1 is 1.00 bits per heavy atom. The van der Waals surface area contributed by atoms with Crippen LogP contribution in [0.3, 0.4) is 0 Å². The van der Waals surface area contributed by atoms with E-state index in [1.165, 1.54) is 14.2 Å². The maximum Gasteiger partial charge on any atom is 0.211 e. The summed E-state index contributed by atoms with van der Waals surface area (Å²) in [5, 5.41) is 20.6. The molecule has 0 aliphatic heterocycles. The van der Waals surface area contributed by atoms with Gasteiger partial charge in [0, 0.05) is 0 Å². The van der Waals surface area contributed by atoms with E-state index in [9.17, 15) is 15.0 Å². The molecule has 0 unspecified atom stereocenters. The van der Waals surface area contributed by atoms with E-state index in [2.05, 4.69) is 0 Å². The third-order valence-corrected chi connectivity index (χ3v) is 3.29. The number of phenolic OH excluding ortho intramolecular Hbond substituents is 2. The Hall–Kier alpha value is -2.89. The van der Waals surface area contributed by atoms with E-state index in [0.717, 1.165) is 0 Å². The Morgan fingerprint density at radius 3 is 2.29 bits per heavy atom. The van der Waals surface area contributed by atoms with Crippen LogP contribution in [0.25, 0.3) is 21.9 Å². The minimum absolute atomic E-state index is 0.0964. The van der Waals surface area contributed by atoms with Gasteiger partial charge in [-0.1, -0.05) is 12.1 Å². The molecule has 21 heavy (non-hydrogen) atoms. The largest absolute Gasteiger partial charge is 0.504 e. The first kappa shape index (κ1) is 13.1. The predicted octanol–water partition coefficient (Wildman–Crippen LogP) is 2.37. The molecule has 0 bridgehead atoms. The van der Waals surface area contributed by atoms with Crippen molar-refractivity contribution in [2.24, 2.45) is 0 Å². The summed E-state index contributed by atoms with van der Waals surface area (Å²) in [5.74, 6) is -1.04. The normalized spacial score (nSPS) is 11.0. The van der Waals surface area contributed by atoms with Gasteiger partial charge in [0.15, 0.2) is 11.3 Å². The van der Waals surface area contributed by atoms with Crippen LogP contribution in [0.4, 0.5) is 0 Å². The first-order valence-electron chi connectivity index (χ1n) is 6.11. The summed E-state index contributed by atoms with van der Waals surface area (Å²) >= 11 is 0. The van der Waals surface area contributed by atoms with Crippen LogP contribution in [0.15, 0.2) is 33.5 Å². The number of fused-ring (bicyclic) bond motifs is 2. The zero-order valence-corrected chi connectivity index (χ0v) is 11.3. The van der Waals surface area contributed by atoms with E-state index in [1.54, 1.807) is 24.3 Å². The van der Waals surface area contributed by atoms with Gasteiger partial charge in [0.1, 0.15) is 11.0 Å². The van der Waals surface area contributed by atoms with Gasteiger partial charge in [-0.05, 0) is 12.1 Å². The number of para-hydroxylation sites is 1. The lowest BCUT2D eigenvalue weighted by molar-refractivity contribution is 0.318. The molecule has 0 aliphatic rings. The maximum atomic E-state index is 12.5. The molecule has 0 spiro atoms. The van der Waals surface area contributed by atoms with Crippen LogP contribution in [0, 0.1) is 0 Å². The highest BCUT2D eigenvalue weighted by molar-refractivity contribution is 5.99. The Kier molecular flexibility index (Phi) is 2.86. The van der Waals surface area contributed by atoms with Crippen LogP contribution in [0.2, 0.25) is 0 Å². The lowest BCUT2D eigenvalue weighted by Crippen LogP contribution is -2.04. The molecule has 0 radical (unpaired) electrons. The number of methoxy groups -OCH3 is 2. The summed E-state index contributed by atoms with van der Waals surface area (Å²) in [6, 6.07) is 6.56. The molecule has 0 atom stereocenters. The summed E-state index contributed by atoms with van der Waals surface area (Å²) in [6.45, 7) is 0. The summed E-state index contributed by atoms with van der Waals surface area (Å²) < 4.78 is 15.6. The Labute approximate surface area is 118 Å². The Balaban J connectivity index is 2.63. The third-order valence-electron chi connectivity index (χ3n) is 3.29. The van der Waals surface area contributed by atoms with Crippen LogP contribution in [0.5, 0.6) is 23.0 Å². The molecule has 2 N–H and O–H groups in total. The summed E-state index contributed by atoms with van der Waals surface area (Å²) in [7, 11) is 2.60. The summed E-state index contributed by atoms with van der Waals surface area (Å²) in [6.07, 6.45) is 0. The molecule has 3 aromatic rings. The van der Waals surface area contributed by atoms with Crippen LogP contribution < -0.4 is 14.9 Å². The van der Waals surface area contributed by atoms with E-state index < -0.39 is 16.9 Å². The zero-order valence-electron chi connectivity index (χ0n) is 11.3. The van der Waals surface area contributed by atoms with Gasteiger partial charge in [0.25, 0.3) is 0 Å². The number of benzene rings is 2. The third kappa shape index (κ3) is 1.69. The zero-order chi connectivity index (χ0) is 15.1. The van der Waals surface area contributed by atoms with Gasteiger partial charge in [-0.25, -0.2) is 0 Å². The van der Waals surface area contributed by atoms with Crippen molar-refractivity contribution < 1.29 is 24.1 Å². The van der Waals surface area contributed by atoms with Crippen LogP contribution >= 0.6 is 0 Å². The van der Waals surface area contributed by atoms with Crippen molar-refractivity contribution in [3.63, 3.8) is 0 Å². The molecule has 0 aliphatic carbocycles. The van der Waals surface area contributed by atoms with Gasteiger partial charge in [-0.2, -0.15) is 0 Å². The predicted molar refractivity (Wildman–Crippen MR) is 76.4 cm³/mol. The molecular weight excluding hydrogens is 276 g/mol. The second-order valence-electron chi connectivity index (χ2n) is 4.40. The first-order chi connectivity index (χ1) is 10.1. The van der Waals surface area contributed by atoms with Crippen LogP contribution in [0.1, 0.15) is 0 Å².